The van der Waals surface area contributed by atoms with Gasteiger partial charge in [-0.25, -0.2) is 18.7 Å². The molecule has 1 heterocycles. The molecule has 0 aliphatic rings. The average Bonchev–Trinajstić information content (AvgIpc) is 2.18. The fourth-order valence-corrected chi connectivity index (χ4v) is 0.832. The molecule has 1 N–H and O–H groups in total. The van der Waals surface area contributed by atoms with Crippen molar-refractivity contribution in [3.05, 3.63) is 23.8 Å². The predicted octanol–water partition coefficient (Wildman–Crippen LogP) is 1.25. The van der Waals surface area contributed by atoms with E-state index >= 15 is 0 Å². The summed E-state index contributed by atoms with van der Waals surface area (Å²) in [5.74, 6) is 2.04. The molecule has 1 aromatic heterocycles. The van der Waals surface area contributed by atoms with Crippen molar-refractivity contribution >= 4 is 0 Å². The monoisotopic (exact) mass is 198 g/mol. The van der Waals surface area contributed by atoms with Crippen LogP contribution in [-0.4, -0.2) is 15.1 Å². The molecule has 0 saturated carbocycles. The summed E-state index contributed by atoms with van der Waals surface area (Å²) in [5, 5.41) is 9.53. The summed E-state index contributed by atoms with van der Waals surface area (Å²) < 4.78 is 24.4. The van der Waals surface area contributed by atoms with Gasteiger partial charge in [-0.15, -0.1) is 6.42 Å². The minimum Gasteiger partial charge on any atom is -0.372 e. The lowest BCUT2D eigenvalue weighted by Gasteiger charge is -2.15. The standard InChI is InChI=1S/C9H8F2N2O/c1-3-9(2,14)7-4-6(8(10)11)12-5-13-7/h1,4-5,8,14H,2H3. The second-order valence-electron chi connectivity index (χ2n) is 2.85. The smallest absolute Gasteiger partial charge is 0.280 e. The van der Waals surface area contributed by atoms with Crippen LogP contribution in [-0.2, 0) is 5.60 Å². The lowest BCUT2D eigenvalue weighted by atomic mass is 10.0. The lowest BCUT2D eigenvalue weighted by Crippen LogP contribution is -2.20. The zero-order valence-electron chi connectivity index (χ0n) is 7.41. The third-order valence-corrected chi connectivity index (χ3v) is 1.69. The largest absolute Gasteiger partial charge is 0.372 e. The highest BCUT2D eigenvalue weighted by Gasteiger charge is 2.23. The van der Waals surface area contributed by atoms with Crippen LogP contribution in [0.1, 0.15) is 24.7 Å². The molecule has 0 bridgehead atoms. The Labute approximate surface area is 79.8 Å². The highest BCUT2D eigenvalue weighted by atomic mass is 19.3. The molecule has 1 rings (SSSR count). The van der Waals surface area contributed by atoms with Crippen LogP contribution in [0.25, 0.3) is 0 Å². The predicted molar refractivity (Wildman–Crippen MR) is 45.4 cm³/mol. The first-order valence-electron chi connectivity index (χ1n) is 3.78. The van der Waals surface area contributed by atoms with Crippen molar-refractivity contribution in [3.63, 3.8) is 0 Å². The Morgan fingerprint density at radius 2 is 2.21 bits per heavy atom. The number of alkyl halides is 2. The molecule has 0 saturated heterocycles. The van der Waals surface area contributed by atoms with E-state index in [9.17, 15) is 13.9 Å². The first-order chi connectivity index (χ1) is 6.47. The van der Waals surface area contributed by atoms with Crippen LogP contribution in [0, 0.1) is 12.3 Å². The van der Waals surface area contributed by atoms with Crippen molar-refractivity contribution in [2.24, 2.45) is 0 Å². The van der Waals surface area contributed by atoms with Gasteiger partial charge in [0.2, 0.25) is 0 Å². The third-order valence-electron chi connectivity index (χ3n) is 1.69. The normalized spacial score (nSPS) is 14.9. The van der Waals surface area contributed by atoms with Gasteiger partial charge in [0.1, 0.15) is 12.0 Å². The maximum Gasteiger partial charge on any atom is 0.280 e. The molecule has 5 heteroatoms. The molecular weight excluding hydrogens is 190 g/mol. The molecule has 0 radical (unpaired) electrons. The summed E-state index contributed by atoms with van der Waals surface area (Å²) in [7, 11) is 0. The Kier molecular flexibility index (Phi) is 2.77. The summed E-state index contributed by atoms with van der Waals surface area (Å²) in [6, 6.07) is 0.991. The van der Waals surface area contributed by atoms with Gasteiger partial charge in [-0.05, 0) is 13.0 Å². The number of rotatable bonds is 2. The van der Waals surface area contributed by atoms with E-state index in [4.69, 9.17) is 6.42 Å². The molecule has 0 amide bonds. The van der Waals surface area contributed by atoms with Gasteiger partial charge >= 0.3 is 0 Å². The first-order valence-corrected chi connectivity index (χ1v) is 3.78. The first kappa shape index (κ1) is 10.5. The fraction of sp³-hybridized carbons (Fsp3) is 0.333. The van der Waals surface area contributed by atoms with Gasteiger partial charge < -0.3 is 5.11 Å². The van der Waals surface area contributed by atoms with E-state index in [1.165, 1.54) is 6.92 Å². The van der Waals surface area contributed by atoms with Gasteiger partial charge in [0.05, 0.1) is 5.69 Å². The molecule has 0 fully saturated rings. The third kappa shape index (κ3) is 2.03. The highest BCUT2D eigenvalue weighted by molar-refractivity contribution is 5.23. The van der Waals surface area contributed by atoms with E-state index in [0.717, 1.165) is 12.4 Å². The number of terminal acetylenes is 1. The molecule has 0 spiro atoms. The van der Waals surface area contributed by atoms with Gasteiger partial charge in [-0.3, -0.25) is 0 Å². The number of hydrogen-bond donors (Lipinski definition) is 1. The molecule has 0 aliphatic heterocycles. The Morgan fingerprint density at radius 3 is 2.71 bits per heavy atom. The molecule has 3 nitrogen and oxygen atoms in total. The van der Waals surface area contributed by atoms with Crippen molar-refractivity contribution in [1.82, 2.24) is 9.97 Å². The van der Waals surface area contributed by atoms with Gasteiger partial charge in [0.25, 0.3) is 6.43 Å². The Hall–Kier alpha value is -1.54. The van der Waals surface area contributed by atoms with Crippen molar-refractivity contribution in [1.29, 1.82) is 0 Å². The zero-order chi connectivity index (χ0) is 10.8. The molecule has 1 unspecified atom stereocenters. The second kappa shape index (κ2) is 3.68. The maximum atomic E-state index is 12.2. The van der Waals surface area contributed by atoms with E-state index < -0.39 is 17.7 Å². The number of aliphatic hydroxyl groups is 1. The minimum absolute atomic E-state index is 0.00898. The Balaban J connectivity index is 3.14. The summed E-state index contributed by atoms with van der Waals surface area (Å²) in [6.07, 6.45) is 3.26. The lowest BCUT2D eigenvalue weighted by molar-refractivity contribution is 0.115. The molecule has 0 aromatic carbocycles. The van der Waals surface area contributed by atoms with Crippen molar-refractivity contribution in [2.45, 2.75) is 19.0 Å². The van der Waals surface area contributed by atoms with Crippen LogP contribution in [0.15, 0.2) is 12.4 Å². The quantitative estimate of drug-likeness (QED) is 0.727. The topological polar surface area (TPSA) is 46.0 Å². The van der Waals surface area contributed by atoms with Crippen molar-refractivity contribution in [2.75, 3.05) is 0 Å². The fourth-order valence-electron chi connectivity index (χ4n) is 0.832. The van der Waals surface area contributed by atoms with Crippen molar-refractivity contribution < 1.29 is 13.9 Å². The average molecular weight is 198 g/mol. The van der Waals surface area contributed by atoms with Crippen LogP contribution >= 0.6 is 0 Å². The van der Waals surface area contributed by atoms with Crippen LogP contribution in [0.5, 0.6) is 0 Å². The molecule has 0 aliphatic carbocycles. The Bertz CT molecular complexity index is 371. The van der Waals surface area contributed by atoms with Gasteiger partial charge in [-0.1, -0.05) is 5.92 Å². The maximum absolute atomic E-state index is 12.2. The van der Waals surface area contributed by atoms with E-state index in [0.29, 0.717) is 0 Å². The van der Waals surface area contributed by atoms with Crippen LogP contribution < -0.4 is 0 Å². The highest BCUT2D eigenvalue weighted by Crippen LogP contribution is 2.21. The molecule has 1 atom stereocenters. The van der Waals surface area contributed by atoms with Gasteiger partial charge in [-0.2, -0.15) is 0 Å². The molecular formula is C9H8F2N2O. The summed E-state index contributed by atoms with van der Waals surface area (Å²) in [5.41, 5.74) is -2.11. The zero-order valence-corrected chi connectivity index (χ0v) is 7.41. The number of nitrogens with zero attached hydrogens (tertiary/aromatic N) is 2. The van der Waals surface area contributed by atoms with E-state index in [-0.39, 0.29) is 5.69 Å². The van der Waals surface area contributed by atoms with Crippen molar-refractivity contribution in [3.8, 4) is 12.3 Å². The van der Waals surface area contributed by atoms with Crippen LogP contribution in [0.4, 0.5) is 8.78 Å². The van der Waals surface area contributed by atoms with E-state index in [1.54, 1.807) is 0 Å². The van der Waals surface area contributed by atoms with Gasteiger partial charge in [0.15, 0.2) is 5.60 Å². The van der Waals surface area contributed by atoms with Crippen LogP contribution in [0.2, 0.25) is 0 Å². The number of hydrogen-bond acceptors (Lipinski definition) is 3. The molecule has 14 heavy (non-hydrogen) atoms. The second-order valence-corrected chi connectivity index (χ2v) is 2.85. The number of aromatic nitrogens is 2. The van der Waals surface area contributed by atoms with E-state index in [1.807, 2.05) is 5.92 Å². The van der Waals surface area contributed by atoms with E-state index in [2.05, 4.69) is 9.97 Å². The summed E-state index contributed by atoms with van der Waals surface area (Å²) in [6.45, 7) is 1.30. The SMILES string of the molecule is C#CC(C)(O)c1cc(C(F)F)ncn1. The number of halogens is 2. The minimum atomic E-state index is -2.70. The van der Waals surface area contributed by atoms with Crippen LogP contribution in [0.3, 0.4) is 0 Å². The van der Waals surface area contributed by atoms with Gasteiger partial charge in [0, 0.05) is 0 Å². The molecule has 74 valence electrons. The molecule has 1 aromatic rings. The summed E-state index contributed by atoms with van der Waals surface area (Å²) in [4.78, 5) is 6.97. The summed E-state index contributed by atoms with van der Waals surface area (Å²) >= 11 is 0. The Morgan fingerprint density at radius 1 is 1.57 bits per heavy atom.